The Labute approximate surface area is 131 Å². The first kappa shape index (κ1) is 16.3. The molecular formula is C17H24N2O3. The van der Waals surface area contributed by atoms with Gasteiger partial charge in [-0.15, -0.1) is 0 Å². The third kappa shape index (κ3) is 3.59. The van der Waals surface area contributed by atoms with E-state index in [0.29, 0.717) is 5.69 Å². The summed E-state index contributed by atoms with van der Waals surface area (Å²) in [6.45, 7) is 5.46. The van der Waals surface area contributed by atoms with E-state index >= 15 is 0 Å². The van der Waals surface area contributed by atoms with Gasteiger partial charge in [-0.2, -0.15) is 0 Å². The van der Waals surface area contributed by atoms with Crippen molar-refractivity contribution in [2.24, 2.45) is 0 Å². The smallest absolute Gasteiger partial charge is 0.412 e. The van der Waals surface area contributed by atoms with Crippen LogP contribution in [0.25, 0.3) is 0 Å². The molecule has 1 aromatic rings. The number of benzene rings is 1. The van der Waals surface area contributed by atoms with Crippen LogP contribution in [0, 0.1) is 0 Å². The maximum absolute atomic E-state index is 12.3. The molecule has 0 spiro atoms. The fourth-order valence-corrected chi connectivity index (χ4v) is 2.47. The Bertz CT molecular complexity index is 567. The summed E-state index contributed by atoms with van der Waals surface area (Å²) in [5.41, 5.74) is 0.765. The number of rotatable bonds is 3. The van der Waals surface area contributed by atoms with Gasteiger partial charge in [-0.05, 0) is 51.3 Å². The summed E-state index contributed by atoms with van der Waals surface area (Å²) < 4.78 is 5.21. The van der Waals surface area contributed by atoms with Crippen LogP contribution in [0.4, 0.5) is 10.5 Å². The van der Waals surface area contributed by atoms with E-state index in [1.54, 1.807) is 19.0 Å². The van der Waals surface area contributed by atoms with Crippen LogP contribution in [-0.4, -0.2) is 36.6 Å². The Morgan fingerprint density at radius 1 is 1.14 bits per heavy atom. The molecular weight excluding hydrogens is 280 g/mol. The maximum Gasteiger partial charge on any atom is 0.412 e. The molecule has 2 amide bonds. The molecule has 5 nitrogen and oxygen atoms in total. The van der Waals surface area contributed by atoms with E-state index in [2.05, 4.69) is 5.32 Å². The molecule has 0 radical (unpaired) electrons. The first-order chi connectivity index (χ1) is 10.1. The molecule has 2 rings (SSSR count). The highest BCUT2D eigenvalue weighted by Crippen LogP contribution is 2.49. The van der Waals surface area contributed by atoms with Crippen LogP contribution in [0.1, 0.15) is 39.2 Å². The van der Waals surface area contributed by atoms with Crippen LogP contribution in [0.2, 0.25) is 0 Å². The van der Waals surface area contributed by atoms with Crippen LogP contribution < -0.4 is 5.32 Å². The molecule has 1 aromatic carbocycles. The van der Waals surface area contributed by atoms with Gasteiger partial charge >= 0.3 is 6.09 Å². The molecule has 0 atom stereocenters. The van der Waals surface area contributed by atoms with Gasteiger partial charge < -0.3 is 9.64 Å². The largest absolute Gasteiger partial charge is 0.444 e. The van der Waals surface area contributed by atoms with Crippen LogP contribution >= 0.6 is 0 Å². The van der Waals surface area contributed by atoms with E-state index in [1.807, 2.05) is 45.0 Å². The zero-order valence-corrected chi connectivity index (χ0v) is 13.9. The van der Waals surface area contributed by atoms with Crippen molar-refractivity contribution in [2.75, 3.05) is 19.4 Å². The number of ether oxygens (including phenoxy) is 1. The molecule has 0 aliphatic heterocycles. The van der Waals surface area contributed by atoms with Crippen LogP contribution in [0.15, 0.2) is 24.3 Å². The summed E-state index contributed by atoms with van der Waals surface area (Å²) >= 11 is 0. The quantitative estimate of drug-likeness (QED) is 0.933. The Hall–Kier alpha value is -2.04. The van der Waals surface area contributed by atoms with Gasteiger partial charge in [-0.3, -0.25) is 10.1 Å². The molecule has 0 heterocycles. The van der Waals surface area contributed by atoms with Crippen molar-refractivity contribution < 1.29 is 14.3 Å². The van der Waals surface area contributed by atoms with E-state index in [9.17, 15) is 9.59 Å². The van der Waals surface area contributed by atoms with Gasteiger partial charge in [-0.25, -0.2) is 4.79 Å². The second-order valence-corrected chi connectivity index (χ2v) is 6.99. The topological polar surface area (TPSA) is 58.6 Å². The average molecular weight is 304 g/mol. The highest BCUT2D eigenvalue weighted by molar-refractivity contribution is 5.91. The molecule has 0 bridgehead atoms. The second kappa shape index (κ2) is 5.63. The lowest BCUT2D eigenvalue weighted by Gasteiger charge is -2.21. The number of carbonyl (C=O) groups is 2. The predicted octanol–water partition coefficient (Wildman–Crippen LogP) is 3.15. The van der Waals surface area contributed by atoms with Gasteiger partial charge in [0.2, 0.25) is 5.91 Å². The molecule has 0 unspecified atom stereocenters. The van der Waals surface area contributed by atoms with Crippen molar-refractivity contribution in [2.45, 2.75) is 44.6 Å². The SMILES string of the molecule is CN(C)C(=O)C1(c2ccc(NC(=O)OC(C)(C)C)cc2)CC1. The molecule has 1 saturated carbocycles. The molecule has 1 N–H and O–H groups in total. The molecule has 120 valence electrons. The third-order valence-corrected chi connectivity index (χ3v) is 3.65. The van der Waals surface area contributed by atoms with Crippen molar-refractivity contribution in [3.05, 3.63) is 29.8 Å². The number of nitrogens with zero attached hydrogens (tertiary/aromatic N) is 1. The van der Waals surface area contributed by atoms with Gasteiger partial charge in [0.25, 0.3) is 0 Å². The van der Waals surface area contributed by atoms with Crippen molar-refractivity contribution in [1.82, 2.24) is 4.90 Å². The van der Waals surface area contributed by atoms with E-state index in [4.69, 9.17) is 4.74 Å². The fraction of sp³-hybridized carbons (Fsp3) is 0.529. The van der Waals surface area contributed by atoms with E-state index in [1.165, 1.54) is 0 Å². The Morgan fingerprint density at radius 3 is 2.09 bits per heavy atom. The predicted molar refractivity (Wildman–Crippen MR) is 85.9 cm³/mol. The summed E-state index contributed by atoms with van der Waals surface area (Å²) in [6.07, 6.45) is 1.27. The zero-order chi connectivity index (χ0) is 16.5. The average Bonchev–Trinajstić information content (AvgIpc) is 3.17. The second-order valence-electron chi connectivity index (χ2n) is 6.99. The Kier molecular flexibility index (Phi) is 4.18. The minimum Gasteiger partial charge on any atom is -0.444 e. The van der Waals surface area contributed by atoms with E-state index < -0.39 is 11.7 Å². The maximum atomic E-state index is 12.3. The first-order valence-corrected chi connectivity index (χ1v) is 7.46. The van der Waals surface area contributed by atoms with Gasteiger partial charge in [0.1, 0.15) is 5.60 Å². The molecule has 22 heavy (non-hydrogen) atoms. The van der Waals surface area contributed by atoms with Crippen LogP contribution in [-0.2, 0) is 14.9 Å². The lowest BCUT2D eigenvalue weighted by atomic mass is 9.94. The van der Waals surface area contributed by atoms with Gasteiger partial charge in [0.15, 0.2) is 0 Å². The number of anilines is 1. The number of carbonyl (C=O) groups excluding carboxylic acids is 2. The molecule has 1 fully saturated rings. The first-order valence-electron chi connectivity index (χ1n) is 7.46. The van der Waals surface area contributed by atoms with Crippen molar-refractivity contribution in [3.8, 4) is 0 Å². The van der Waals surface area contributed by atoms with Gasteiger partial charge in [0, 0.05) is 19.8 Å². The standard InChI is InChI=1S/C17H24N2O3/c1-16(2,3)22-15(21)18-13-8-6-12(7-9-13)17(10-11-17)14(20)19(4)5/h6-9H,10-11H2,1-5H3,(H,18,21). The molecule has 1 aliphatic carbocycles. The molecule has 0 aromatic heterocycles. The summed E-state index contributed by atoms with van der Waals surface area (Å²) in [7, 11) is 3.56. The highest BCUT2D eigenvalue weighted by Gasteiger charge is 2.51. The summed E-state index contributed by atoms with van der Waals surface area (Å²) in [6, 6.07) is 7.42. The van der Waals surface area contributed by atoms with Crippen molar-refractivity contribution >= 4 is 17.7 Å². The van der Waals surface area contributed by atoms with Gasteiger partial charge in [0.05, 0.1) is 5.41 Å². The normalized spacial score (nSPS) is 15.9. The van der Waals surface area contributed by atoms with Crippen LogP contribution in [0.3, 0.4) is 0 Å². The van der Waals surface area contributed by atoms with Crippen molar-refractivity contribution in [1.29, 1.82) is 0 Å². The minimum atomic E-state index is -0.528. The monoisotopic (exact) mass is 304 g/mol. The summed E-state index contributed by atoms with van der Waals surface area (Å²) in [4.78, 5) is 25.6. The number of amides is 2. The Balaban J connectivity index is 2.05. The van der Waals surface area contributed by atoms with Gasteiger partial charge in [-0.1, -0.05) is 12.1 Å². The fourth-order valence-electron chi connectivity index (χ4n) is 2.47. The Morgan fingerprint density at radius 2 is 1.68 bits per heavy atom. The third-order valence-electron chi connectivity index (χ3n) is 3.65. The number of hydrogen-bond donors (Lipinski definition) is 1. The minimum absolute atomic E-state index is 0.139. The molecule has 0 saturated heterocycles. The van der Waals surface area contributed by atoms with E-state index in [0.717, 1.165) is 18.4 Å². The van der Waals surface area contributed by atoms with Crippen molar-refractivity contribution in [3.63, 3.8) is 0 Å². The summed E-state index contributed by atoms with van der Waals surface area (Å²) in [5, 5.41) is 2.69. The molecule has 1 aliphatic rings. The molecule has 5 heteroatoms. The van der Waals surface area contributed by atoms with E-state index in [-0.39, 0.29) is 11.3 Å². The summed E-state index contributed by atoms with van der Waals surface area (Å²) in [5.74, 6) is 0.139. The van der Waals surface area contributed by atoms with Crippen LogP contribution in [0.5, 0.6) is 0 Å². The lowest BCUT2D eigenvalue weighted by Crippen LogP contribution is -2.33. The number of hydrogen-bond acceptors (Lipinski definition) is 3. The zero-order valence-electron chi connectivity index (χ0n) is 13.9. The highest BCUT2D eigenvalue weighted by atomic mass is 16.6. The number of nitrogens with one attached hydrogen (secondary N) is 1. The lowest BCUT2D eigenvalue weighted by molar-refractivity contribution is -0.131. The number of likely N-dealkylation sites (N-methyl/N-ethyl adjacent to an activating group) is 1.